The van der Waals surface area contributed by atoms with E-state index in [9.17, 15) is 0 Å². The van der Waals surface area contributed by atoms with Crippen LogP contribution in [-0.2, 0) is 0 Å². The fraction of sp³-hybridized carbons (Fsp3) is 0. The van der Waals surface area contributed by atoms with Crippen LogP contribution in [0.5, 0.6) is 0 Å². The third-order valence-corrected chi connectivity index (χ3v) is 9.34. The van der Waals surface area contributed by atoms with Crippen molar-refractivity contribution in [3.63, 3.8) is 0 Å². The highest BCUT2D eigenvalue weighted by molar-refractivity contribution is 6.14. The Morgan fingerprint density at radius 1 is 0.320 bits per heavy atom. The first-order chi connectivity index (χ1) is 24.8. The van der Waals surface area contributed by atoms with Crippen LogP contribution in [0.2, 0.25) is 0 Å². The molecular weight excluding hydrogens is 615 g/mol. The largest absolute Gasteiger partial charge is 0.456 e. The van der Waals surface area contributed by atoms with Crippen molar-refractivity contribution in [1.82, 2.24) is 15.0 Å². The predicted molar refractivity (Wildman–Crippen MR) is 202 cm³/mol. The minimum Gasteiger partial charge on any atom is -0.456 e. The molecule has 234 valence electrons. The van der Waals surface area contributed by atoms with Crippen molar-refractivity contribution in [2.75, 3.05) is 0 Å². The maximum Gasteiger partial charge on any atom is 0.164 e. The van der Waals surface area contributed by atoms with Gasteiger partial charge in [-0.15, -0.1) is 0 Å². The van der Waals surface area contributed by atoms with E-state index in [1.54, 1.807) is 0 Å². The van der Waals surface area contributed by atoms with Gasteiger partial charge in [0.2, 0.25) is 0 Å². The quantitative estimate of drug-likeness (QED) is 0.187. The van der Waals surface area contributed by atoms with E-state index in [1.807, 2.05) is 91.0 Å². The summed E-state index contributed by atoms with van der Waals surface area (Å²) in [6.07, 6.45) is 0. The molecule has 0 aliphatic heterocycles. The van der Waals surface area contributed by atoms with Crippen LogP contribution in [0.3, 0.4) is 0 Å². The highest BCUT2D eigenvalue weighted by Gasteiger charge is 2.18. The molecule has 5 heteroatoms. The van der Waals surface area contributed by atoms with Gasteiger partial charge in [0.05, 0.1) is 0 Å². The van der Waals surface area contributed by atoms with Gasteiger partial charge in [0, 0.05) is 43.8 Å². The fourth-order valence-electron chi connectivity index (χ4n) is 6.97. The number of fused-ring (bicyclic) bond motifs is 6. The summed E-state index contributed by atoms with van der Waals surface area (Å²) in [4.78, 5) is 14.8. The van der Waals surface area contributed by atoms with E-state index in [1.165, 1.54) is 0 Å². The molecule has 0 unspecified atom stereocenters. The number of rotatable bonds is 5. The van der Waals surface area contributed by atoms with Gasteiger partial charge in [-0.2, -0.15) is 0 Å². The number of hydrogen-bond acceptors (Lipinski definition) is 5. The smallest absolute Gasteiger partial charge is 0.164 e. The second-order valence-corrected chi connectivity index (χ2v) is 12.4. The topological polar surface area (TPSA) is 65.0 Å². The molecule has 0 aliphatic carbocycles. The molecule has 0 saturated heterocycles. The maximum atomic E-state index is 6.53. The number of para-hydroxylation sites is 2. The summed E-state index contributed by atoms with van der Waals surface area (Å²) < 4.78 is 12.9. The number of aromatic nitrogens is 3. The third-order valence-electron chi connectivity index (χ3n) is 9.34. The van der Waals surface area contributed by atoms with Gasteiger partial charge < -0.3 is 8.83 Å². The first-order valence-corrected chi connectivity index (χ1v) is 16.6. The highest BCUT2D eigenvalue weighted by Crippen LogP contribution is 2.41. The van der Waals surface area contributed by atoms with Gasteiger partial charge >= 0.3 is 0 Å². The lowest BCUT2D eigenvalue weighted by Crippen LogP contribution is -2.00. The first-order valence-electron chi connectivity index (χ1n) is 16.6. The molecule has 0 amide bonds. The van der Waals surface area contributed by atoms with Crippen LogP contribution in [0, 0.1) is 0 Å². The molecule has 3 aromatic heterocycles. The maximum absolute atomic E-state index is 6.53. The summed E-state index contributed by atoms with van der Waals surface area (Å²) in [5.41, 5.74) is 10.4. The molecule has 0 bridgehead atoms. The van der Waals surface area contributed by atoms with Gasteiger partial charge in [0.1, 0.15) is 22.3 Å². The lowest BCUT2D eigenvalue weighted by atomic mass is 9.96. The summed E-state index contributed by atoms with van der Waals surface area (Å²) in [5.74, 6) is 1.89. The molecule has 3 heterocycles. The average molecular weight is 642 g/mol. The van der Waals surface area contributed by atoms with Crippen molar-refractivity contribution in [2.24, 2.45) is 0 Å². The molecule has 0 fully saturated rings. The van der Waals surface area contributed by atoms with Gasteiger partial charge in [-0.25, -0.2) is 15.0 Å². The molecule has 7 aromatic carbocycles. The Balaban J connectivity index is 1.10. The third kappa shape index (κ3) is 4.67. The molecule has 10 rings (SSSR count). The summed E-state index contributed by atoms with van der Waals surface area (Å²) >= 11 is 0. The van der Waals surface area contributed by atoms with Gasteiger partial charge in [-0.05, 0) is 47.0 Å². The second kappa shape index (κ2) is 11.4. The Labute approximate surface area is 287 Å². The molecule has 0 N–H and O–H groups in total. The molecule has 0 atom stereocenters. The molecule has 0 aliphatic rings. The van der Waals surface area contributed by atoms with Crippen LogP contribution in [-0.4, -0.2) is 15.0 Å². The summed E-state index contributed by atoms with van der Waals surface area (Å²) in [5, 5.41) is 4.35. The first kappa shape index (κ1) is 28.2. The minimum absolute atomic E-state index is 0.619. The Morgan fingerprint density at radius 3 is 1.66 bits per heavy atom. The molecule has 50 heavy (non-hydrogen) atoms. The van der Waals surface area contributed by atoms with Gasteiger partial charge in [0.25, 0.3) is 0 Å². The van der Waals surface area contributed by atoms with Crippen molar-refractivity contribution in [3.05, 3.63) is 164 Å². The van der Waals surface area contributed by atoms with Crippen molar-refractivity contribution >= 4 is 43.9 Å². The van der Waals surface area contributed by atoms with Gasteiger partial charge in [0.15, 0.2) is 17.5 Å². The summed E-state index contributed by atoms with van der Waals surface area (Å²) in [6, 6.07) is 55.7. The second-order valence-electron chi connectivity index (χ2n) is 12.4. The van der Waals surface area contributed by atoms with E-state index in [-0.39, 0.29) is 0 Å². The monoisotopic (exact) mass is 641 g/mol. The molecule has 0 spiro atoms. The fourth-order valence-corrected chi connectivity index (χ4v) is 6.97. The highest BCUT2D eigenvalue weighted by atomic mass is 16.3. The number of nitrogens with zero attached hydrogens (tertiary/aromatic N) is 3. The molecule has 10 aromatic rings. The minimum atomic E-state index is 0.619. The molecule has 0 radical (unpaired) electrons. The molecular formula is C45H27N3O2. The van der Waals surface area contributed by atoms with Crippen LogP contribution in [0.4, 0.5) is 0 Å². The van der Waals surface area contributed by atoms with E-state index in [2.05, 4.69) is 72.8 Å². The SMILES string of the molecule is c1ccc(-c2nc(-c3ccccc3)nc(-c3cccc(-c4cccc5oc6cc(-c7cccc8c7oc7ccccc78)ccc6c45)c3)n2)cc1. The van der Waals surface area contributed by atoms with Crippen molar-refractivity contribution < 1.29 is 8.83 Å². The summed E-state index contributed by atoms with van der Waals surface area (Å²) in [6.45, 7) is 0. The van der Waals surface area contributed by atoms with Crippen LogP contribution < -0.4 is 0 Å². The van der Waals surface area contributed by atoms with E-state index in [0.29, 0.717) is 17.5 Å². The zero-order valence-electron chi connectivity index (χ0n) is 26.7. The summed E-state index contributed by atoms with van der Waals surface area (Å²) in [7, 11) is 0. The van der Waals surface area contributed by atoms with E-state index < -0.39 is 0 Å². The number of benzene rings is 7. The van der Waals surface area contributed by atoms with Crippen LogP contribution in [0.15, 0.2) is 173 Å². The zero-order chi connectivity index (χ0) is 33.0. The Kier molecular flexibility index (Phi) is 6.42. The van der Waals surface area contributed by atoms with E-state index >= 15 is 0 Å². The Hall–Kier alpha value is -6.85. The molecule has 0 saturated carbocycles. The predicted octanol–water partition coefficient (Wildman–Crippen LogP) is 12.0. The lowest BCUT2D eigenvalue weighted by Gasteiger charge is -2.10. The van der Waals surface area contributed by atoms with Crippen molar-refractivity contribution in [1.29, 1.82) is 0 Å². The van der Waals surface area contributed by atoms with E-state index in [0.717, 1.165) is 82.8 Å². The van der Waals surface area contributed by atoms with Crippen molar-refractivity contribution in [2.45, 2.75) is 0 Å². The lowest BCUT2D eigenvalue weighted by molar-refractivity contribution is 0.668. The van der Waals surface area contributed by atoms with Crippen molar-refractivity contribution in [3.8, 4) is 56.4 Å². The molecule has 5 nitrogen and oxygen atoms in total. The van der Waals surface area contributed by atoms with Crippen LogP contribution >= 0.6 is 0 Å². The number of hydrogen-bond donors (Lipinski definition) is 0. The van der Waals surface area contributed by atoms with Gasteiger partial charge in [-0.1, -0.05) is 133 Å². The Morgan fingerprint density at radius 2 is 0.880 bits per heavy atom. The zero-order valence-corrected chi connectivity index (χ0v) is 26.7. The number of furan rings is 2. The van der Waals surface area contributed by atoms with Crippen LogP contribution in [0.1, 0.15) is 0 Å². The average Bonchev–Trinajstić information content (AvgIpc) is 3.77. The van der Waals surface area contributed by atoms with Crippen LogP contribution in [0.25, 0.3) is 100 Å². The normalized spacial score (nSPS) is 11.6. The Bertz CT molecular complexity index is 2810. The van der Waals surface area contributed by atoms with E-state index in [4.69, 9.17) is 23.8 Å². The standard InChI is InChI=1S/C45H27N3O2/c1-3-12-28(13-4-1)43-46-44(29-14-5-2-6-15-29)48-45(47-43)32-17-9-16-30(26-32)33-19-11-23-39-41(33)37-25-24-31(27-40(37)49-39)34-20-10-21-36-35-18-7-8-22-38(35)50-42(34)36/h1-27H. The van der Waals surface area contributed by atoms with Gasteiger partial charge in [-0.3, -0.25) is 0 Å².